The average Bonchev–Trinajstić information content (AvgIpc) is 2.94. The second-order valence-electron chi connectivity index (χ2n) is 4.55. The lowest BCUT2D eigenvalue weighted by atomic mass is 10.1. The first-order valence-electron chi connectivity index (χ1n) is 6.63. The van der Waals surface area contributed by atoms with Crippen LogP contribution in [0.4, 0.5) is 0 Å². The van der Waals surface area contributed by atoms with Gasteiger partial charge in [-0.2, -0.15) is 0 Å². The van der Waals surface area contributed by atoms with Crippen LogP contribution in [0.25, 0.3) is 21.8 Å². The number of hydrogen-bond donors (Lipinski definition) is 1. The Kier molecular flexibility index (Phi) is 3.90. The normalized spacial score (nSPS) is 10.7. The van der Waals surface area contributed by atoms with Crippen LogP contribution in [0.3, 0.4) is 0 Å². The Hall–Kier alpha value is -1.97. The van der Waals surface area contributed by atoms with E-state index in [1.807, 2.05) is 19.2 Å². The smallest absolute Gasteiger partial charge is 0.124 e. The summed E-state index contributed by atoms with van der Waals surface area (Å²) < 4.78 is 0. The fourth-order valence-electron chi connectivity index (χ4n) is 2.16. The van der Waals surface area contributed by atoms with Gasteiger partial charge in [0, 0.05) is 22.5 Å². The summed E-state index contributed by atoms with van der Waals surface area (Å²) in [5.74, 6) is 0. The predicted octanol–water partition coefficient (Wildman–Crippen LogP) is 4.20. The van der Waals surface area contributed by atoms with E-state index in [2.05, 4.69) is 53.8 Å². The first-order valence-corrected chi connectivity index (χ1v) is 7.45. The Labute approximate surface area is 123 Å². The second kappa shape index (κ2) is 5.99. The Morgan fingerprint density at radius 3 is 2.10 bits per heavy atom. The van der Waals surface area contributed by atoms with Crippen molar-refractivity contribution in [2.45, 2.75) is 6.54 Å². The quantitative estimate of drug-likeness (QED) is 0.775. The summed E-state index contributed by atoms with van der Waals surface area (Å²) in [6, 6.07) is 20.7. The number of benzene rings is 2. The van der Waals surface area contributed by atoms with Crippen molar-refractivity contribution in [2.24, 2.45) is 0 Å². The van der Waals surface area contributed by atoms with Gasteiger partial charge in [0.25, 0.3) is 0 Å². The maximum atomic E-state index is 4.85. The zero-order valence-electron chi connectivity index (χ0n) is 11.3. The van der Waals surface area contributed by atoms with Gasteiger partial charge in [-0.3, -0.25) is 0 Å². The van der Waals surface area contributed by atoms with Crippen molar-refractivity contribution in [3.63, 3.8) is 0 Å². The van der Waals surface area contributed by atoms with Crippen LogP contribution in [0.15, 0.2) is 60.7 Å². The van der Waals surface area contributed by atoms with E-state index in [1.165, 1.54) is 16.0 Å². The summed E-state index contributed by atoms with van der Waals surface area (Å²) in [5, 5.41) is 4.31. The van der Waals surface area contributed by atoms with Crippen molar-refractivity contribution in [1.29, 1.82) is 0 Å². The number of nitrogens with one attached hydrogen (secondary N) is 1. The molecule has 0 radical (unpaired) electrons. The number of hydrogen-bond acceptors (Lipinski definition) is 3. The molecule has 0 spiro atoms. The highest BCUT2D eigenvalue weighted by atomic mass is 32.1. The molecule has 0 saturated carbocycles. The molecule has 0 atom stereocenters. The molecule has 0 bridgehead atoms. The molecular formula is C17H16N2S. The summed E-state index contributed by atoms with van der Waals surface area (Å²) >= 11 is 1.76. The first-order chi connectivity index (χ1) is 9.88. The number of thiazole rings is 1. The number of aromatic nitrogens is 1. The van der Waals surface area contributed by atoms with Crippen LogP contribution in [0.1, 0.15) is 4.88 Å². The molecule has 1 heterocycles. The number of rotatable bonds is 4. The first kappa shape index (κ1) is 13.0. The van der Waals surface area contributed by atoms with Crippen LogP contribution in [0, 0.1) is 0 Å². The van der Waals surface area contributed by atoms with E-state index >= 15 is 0 Å². The molecule has 1 aromatic heterocycles. The van der Waals surface area contributed by atoms with Gasteiger partial charge in [-0.05, 0) is 7.05 Å². The Morgan fingerprint density at radius 1 is 0.900 bits per heavy atom. The summed E-state index contributed by atoms with van der Waals surface area (Å²) in [5.41, 5.74) is 3.44. The fourth-order valence-corrected chi connectivity index (χ4v) is 3.26. The van der Waals surface area contributed by atoms with Crippen LogP contribution in [-0.4, -0.2) is 12.0 Å². The van der Waals surface area contributed by atoms with Crippen LogP contribution in [0.5, 0.6) is 0 Å². The molecule has 3 heteroatoms. The second-order valence-corrected chi connectivity index (χ2v) is 5.64. The average molecular weight is 280 g/mol. The van der Waals surface area contributed by atoms with Gasteiger partial charge in [0.15, 0.2) is 0 Å². The molecule has 20 heavy (non-hydrogen) atoms. The molecule has 2 aromatic carbocycles. The highest BCUT2D eigenvalue weighted by Crippen LogP contribution is 2.33. The van der Waals surface area contributed by atoms with Crippen molar-refractivity contribution >= 4 is 11.3 Å². The highest BCUT2D eigenvalue weighted by Gasteiger charge is 2.13. The van der Waals surface area contributed by atoms with Crippen molar-refractivity contribution < 1.29 is 0 Å². The molecule has 100 valence electrons. The lowest BCUT2D eigenvalue weighted by Crippen LogP contribution is -2.04. The van der Waals surface area contributed by atoms with Gasteiger partial charge in [0.05, 0.1) is 5.69 Å². The molecule has 3 aromatic rings. The van der Waals surface area contributed by atoms with Gasteiger partial charge in [0.1, 0.15) is 5.01 Å². The van der Waals surface area contributed by atoms with Gasteiger partial charge in [-0.15, -0.1) is 11.3 Å². The third kappa shape index (κ3) is 2.64. The molecule has 0 aliphatic rings. The molecule has 2 nitrogen and oxygen atoms in total. The number of nitrogens with zero attached hydrogens (tertiary/aromatic N) is 1. The van der Waals surface area contributed by atoms with Crippen LogP contribution in [-0.2, 0) is 6.54 Å². The molecule has 1 N–H and O–H groups in total. The van der Waals surface area contributed by atoms with Gasteiger partial charge in [0.2, 0.25) is 0 Å². The molecule has 0 fully saturated rings. The van der Waals surface area contributed by atoms with Gasteiger partial charge in [-0.1, -0.05) is 60.7 Å². The minimum Gasteiger partial charge on any atom is -0.315 e. The van der Waals surface area contributed by atoms with Crippen molar-refractivity contribution in [2.75, 3.05) is 7.05 Å². The molecule has 3 rings (SSSR count). The maximum Gasteiger partial charge on any atom is 0.124 e. The maximum absolute atomic E-state index is 4.85. The summed E-state index contributed by atoms with van der Waals surface area (Å²) in [4.78, 5) is 6.12. The topological polar surface area (TPSA) is 24.9 Å². The molecule has 0 saturated heterocycles. The SMILES string of the molecule is CNCc1sc(-c2ccccc2)nc1-c1ccccc1. The van der Waals surface area contributed by atoms with Gasteiger partial charge >= 0.3 is 0 Å². The minimum absolute atomic E-state index is 0.842. The lowest BCUT2D eigenvalue weighted by molar-refractivity contribution is 0.831. The zero-order chi connectivity index (χ0) is 13.8. The highest BCUT2D eigenvalue weighted by molar-refractivity contribution is 7.15. The third-order valence-electron chi connectivity index (χ3n) is 3.10. The third-order valence-corrected chi connectivity index (χ3v) is 4.21. The van der Waals surface area contributed by atoms with Crippen molar-refractivity contribution in [3.05, 3.63) is 65.5 Å². The predicted molar refractivity (Wildman–Crippen MR) is 85.7 cm³/mol. The van der Waals surface area contributed by atoms with E-state index < -0.39 is 0 Å². The Bertz CT molecular complexity index is 675. The van der Waals surface area contributed by atoms with Crippen LogP contribution < -0.4 is 5.32 Å². The van der Waals surface area contributed by atoms with Crippen LogP contribution in [0.2, 0.25) is 0 Å². The molecule has 0 aliphatic heterocycles. The Balaban J connectivity index is 2.08. The minimum atomic E-state index is 0.842. The molecule has 0 unspecified atom stereocenters. The summed E-state index contributed by atoms with van der Waals surface area (Å²) in [6.07, 6.45) is 0. The summed E-state index contributed by atoms with van der Waals surface area (Å²) in [6.45, 7) is 0.842. The monoisotopic (exact) mass is 280 g/mol. The fraction of sp³-hybridized carbons (Fsp3) is 0.118. The van der Waals surface area contributed by atoms with Gasteiger partial charge < -0.3 is 5.32 Å². The molecular weight excluding hydrogens is 264 g/mol. The zero-order valence-corrected chi connectivity index (χ0v) is 12.2. The molecule has 0 amide bonds. The standard InChI is InChI=1S/C17H16N2S/c1-18-12-15-16(13-8-4-2-5-9-13)19-17(20-15)14-10-6-3-7-11-14/h2-11,18H,12H2,1H3. The van der Waals surface area contributed by atoms with E-state index in [9.17, 15) is 0 Å². The van der Waals surface area contributed by atoms with E-state index in [0.717, 1.165) is 17.2 Å². The van der Waals surface area contributed by atoms with Crippen molar-refractivity contribution in [3.8, 4) is 21.8 Å². The summed E-state index contributed by atoms with van der Waals surface area (Å²) in [7, 11) is 1.97. The van der Waals surface area contributed by atoms with Crippen molar-refractivity contribution in [1.82, 2.24) is 10.3 Å². The van der Waals surface area contributed by atoms with E-state index in [-0.39, 0.29) is 0 Å². The molecule has 0 aliphatic carbocycles. The Morgan fingerprint density at radius 2 is 1.50 bits per heavy atom. The lowest BCUT2D eigenvalue weighted by Gasteiger charge is -2.00. The largest absolute Gasteiger partial charge is 0.315 e. The van der Waals surface area contributed by atoms with E-state index in [0.29, 0.717) is 0 Å². The van der Waals surface area contributed by atoms with E-state index in [4.69, 9.17) is 4.98 Å². The van der Waals surface area contributed by atoms with Gasteiger partial charge in [-0.25, -0.2) is 4.98 Å². The van der Waals surface area contributed by atoms with Crippen LogP contribution >= 0.6 is 11.3 Å². The van der Waals surface area contributed by atoms with E-state index in [1.54, 1.807) is 11.3 Å².